The predicted octanol–water partition coefficient (Wildman–Crippen LogP) is 3.13. The van der Waals surface area contributed by atoms with Crippen LogP contribution in [0.5, 0.6) is 5.75 Å². The summed E-state index contributed by atoms with van der Waals surface area (Å²) >= 11 is 0. The molecule has 1 N–H and O–H groups in total. The lowest BCUT2D eigenvalue weighted by atomic mass is 9.79. The first-order chi connectivity index (χ1) is 10.8. The van der Waals surface area contributed by atoms with Gasteiger partial charge >= 0.3 is 0 Å². The number of carbonyl (C=O) groups is 1. The van der Waals surface area contributed by atoms with Crippen LogP contribution >= 0.6 is 0 Å². The van der Waals surface area contributed by atoms with Crippen molar-refractivity contribution in [2.24, 2.45) is 11.8 Å². The number of phenols is 1. The summed E-state index contributed by atoms with van der Waals surface area (Å²) in [5, 5.41) is 9.13. The van der Waals surface area contributed by atoms with Crippen molar-refractivity contribution in [3.63, 3.8) is 0 Å². The summed E-state index contributed by atoms with van der Waals surface area (Å²) in [6.45, 7) is 3.44. The molecule has 0 radical (unpaired) electrons. The van der Waals surface area contributed by atoms with E-state index >= 15 is 0 Å². The van der Waals surface area contributed by atoms with Crippen LogP contribution in [0.15, 0.2) is 24.3 Å². The largest absolute Gasteiger partial charge is 0.508 e. The average molecular weight is 338 g/mol. The van der Waals surface area contributed by atoms with Crippen molar-refractivity contribution in [3.8, 4) is 5.75 Å². The van der Waals surface area contributed by atoms with Crippen molar-refractivity contribution in [1.29, 1.82) is 0 Å². The predicted molar refractivity (Wildman–Crippen MR) is 91.2 cm³/mol. The van der Waals surface area contributed by atoms with Gasteiger partial charge in [-0.2, -0.15) is 0 Å². The number of hydrogen-bond acceptors (Lipinski definition) is 4. The van der Waals surface area contributed by atoms with E-state index in [1.54, 1.807) is 32.0 Å². The molecule has 0 amide bonds. The molecule has 128 valence electrons. The van der Waals surface area contributed by atoms with Crippen molar-refractivity contribution in [2.45, 2.75) is 51.2 Å². The van der Waals surface area contributed by atoms with E-state index in [-0.39, 0.29) is 34.4 Å². The summed E-state index contributed by atoms with van der Waals surface area (Å²) in [5.41, 5.74) is 0.833. The van der Waals surface area contributed by atoms with Gasteiger partial charge in [0.05, 0.1) is 11.0 Å². The highest BCUT2D eigenvalue weighted by atomic mass is 32.2. The number of hydrogen-bond donors (Lipinski definition) is 1. The summed E-state index contributed by atoms with van der Waals surface area (Å²) in [7, 11) is -3.00. The van der Waals surface area contributed by atoms with Gasteiger partial charge in [0.15, 0.2) is 9.84 Å². The Bertz CT molecular complexity index is 641. The zero-order valence-corrected chi connectivity index (χ0v) is 14.7. The van der Waals surface area contributed by atoms with Gasteiger partial charge in [-0.15, -0.1) is 0 Å². The quantitative estimate of drug-likeness (QED) is 0.865. The van der Waals surface area contributed by atoms with Gasteiger partial charge in [0.2, 0.25) is 0 Å². The Morgan fingerprint density at radius 3 is 2.43 bits per heavy atom. The third-order valence-corrected chi connectivity index (χ3v) is 7.15. The number of carbonyl (C=O) groups excluding carboxylic acids is 1. The highest BCUT2D eigenvalue weighted by molar-refractivity contribution is 7.91. The van der Waals surface area contributed by atoms with Gasteiger partial charge in [-0.25, -0.2) is 8.42 Å². The highest BCUT2D eigenvalue weighted by Crippen LogP contribution is 2.31. The standard InChI is InChI=1S/C18H26O4S/c1-13(2)23(21,22)12-14-6-8-16(9-7-14)18(20)11-15-4-3-5-17(19)10-15/h3-5,10,13-14,16,19H,6-9,11-12H2,1-2H3. The molecule has 1 aromatic rings. The Morgan fingerprint density at radius 2 is 1.87 bits per heavy atom. The Labute approximate surface area is 138 Å². The Balaban J connectivity index is 1.85. The van der Waals surface area contributed by atoms with Crippen LogP contribution in [0, 0.1) is 11.8 Å². The molecule has 1 saturated carbocycles. The monoisotopic (exact) mass is 338 g/mol. The molecule has 2 rings (SSSR count). The smallest absolute Gasteiger partial charge is 0.152 e. The van der Waals surface area contributed by atoms with Crippen LogP contribution in [0.25, 0.3) is 0 Å². The summed E-state index contributed by atoms with van der Waals surface area (Å²) in [6, 6.07) is 6.80. The first-order valence-corrected chi connectivity index (χ1v) is 10.0. The number of aromatic hydroxyl groups is 1. The number of rotatable bonds is 6. The molecule has 1 aromatic carbocycles. The number of Topliss-reactive ketones (excluding diaryl/α,β-unsaturated/α-hetero) is 1. The fraction of sp³-hybridized carbons (Fsp3) is 0.611. The first kappa shape index (κ1) is 18.0. The molecule has 23 heavy (non-hydrogen) atoms. The molecule has 1 aliphatic carbocycles. The molecular weight excluding hydrogens is 312 g/mol. The van der Waals surface area contributed by atoms with Crippen LogP contribution in [0.2, 0.25) is 0 Å². The molecule has 0 saturated heterocycles. The molecule has 0 unspecified atom stereocenters. The zero-order valence-electron chi connectivity index (χ0n) is 13.9. The first-order valence-electron chi connectivity index (χ1n) is 8.30. The Morgan fingerprint density at radius 1 is 1.22 bits per heavy atom. The van der Waals surface area contributed by atoms with E-state index in [1.807, 2.05) is 6.07 Å². The topological polar surface area (TPSA) is 71.4 Å². The Kier molecular flexibility index (Phi) is 5.84. The molecule has 4 nitrogen and oxygen atoms in total. The molecular formula is C18H26O4S. The summed E-state index contributed by atoms with van der Waals surface area (Å²) < 4.78 is 24.0. The lowest BCUT2D eigenvalue weighted by Crippen LogP contribution is -2.29. The van der Waals surface area contributed by atoms with E-state index in [0.29, 0.717) is 6.42 Å². The van der Waals surface area contributed by atoms with Crippen LogP contribution in [0.3, 0.4) is 0 Å². The highest BCUT2D eigenvalue weighted by Gasteiger charge is 2.29. The van der Waals surface area contributed by atoms with Crippen LogP contribution in [-0.4, -0.2) is 30.3 Å². The van der Waals surface area contributed by atoms with E-state index in [0.717, 1.165) is 31.2 Å². The minimum atomic E-state index is -3.00. The van der Waals surface area contributed by atoms with Crippen molar-refractivity contribution < 1.29 is 18.3 Å². The van der Waals surface area contributed by atoms with Crippen LogP contribution in [0.4, 0.5) is 0 Å². The second kappa shape index (κ2) is 7.47. The van der Waals surface area contributed by atoms with Crippen molar-refractivity contribution in [3.05, 3.63) is 29.8 Å². The maximum atomic E-state index is 12.4. The van der Waals surface area contributed by atoms with Gasteiger partial charge < -0.3 is 5.11 Å². The maximum absolute atomic E-state index is 12.4. The second-order valence-electron chi connectivity index (χ2n) is 6.91. The summed E-state index contributed by atoms with van der Waals surface area (Å²) in [6.07, 6.45) is 3.50. The molecule has 0 bridgehead atoms. The zero-order chi connectivity index (χ0) is 17.0. The van der Waals surface area contributed by atoms with Gasteiger partial charge in [-0.3, -0.25) is 4.79 Å². The molecule has 0 spiro atoms. The fourth-order valence-corrected chi connectivity index (χ4v) is 4.56. The van der Waals surface area contributed by atoms with Crippen LogP contribution in [0.1, 0.15) is 45.1 Å². The third-order valence-electron chi connectivity index (χ3n) is 4.78. The number of sulfone groups is 1. The minimum absolute atomic E-state index is 0.0235. The van der Waals surface area contributed by atoms with Crippen LogP contribution in [-0.2, 0) is 21.1 Å². The SMILES string of the molecule is CC(C)S(=O)(=O)CC1CCC(C(=O)Cc2cccc(O)c2)CC1. The number of ketones is 1. The molecule has 5 heteroatoms. The minimum Gasteiger partial charge on any atom is -0.508 e. The molecule has 1 aliphatic rings. The van der Waals surface area contributed by atoms with Gasteiger partial charge in [-0.1, -0.05) is 12.1 Å². The van der Waals surface area contributed by atoms with Crippen LogP contribution < -0.4 is 0 Å². The second-order valence-corrected chi connectivity index (χ2v) is 9.51. The van der Waals surface area contributed by atoms with E-state index in [9.17, 15) is 18.3 Å². The van der Waals surface area contributed by atoms with E-state index < -0.39 is 9.84 Å². The number of phenolic OH excluding ortho intramolecular Hbond substituents is 1. The van der Waals surface area contributed by atoms with E-state index in [1.165, 1.54) is 0 Å². The third kappa shape index (κ3) is 5.06. The molecule has 0 aliphatic heterocycles. The summed E-state index contributed by atoms with van der Waals surface area (Å²) in [4.78, 5) is 12.4. The lowest BCUT2D eigenvalue weighted by Gasteiger charge is -2.28. The van der Waals surface area contributed by atoms with Gasteiger partial charge in [0.25, 0.3) is 0 Å². The lowest BCUT2D eigenvalue weighted by molar-refractivity contribution is -0.123. The molecule has 0 atom stereocenters. The van der Waals surface area contributed by atoms with Crippen molar-refractivity contribution in [1.82, 2.24) is 0 Å². The van der Waals surface area contributed by atoms with E-state index in [4.69, 9.17) is 0 Å². The van der Waals surface area contributed by atoms with Gasteiger partial charge in [-0.05, 0) is 63.1 Å². The fourth-order valence-electron chi connectivity index (χ4n) is 3.18. The molecule has 1 fully saturated rings. The maximum Gasteiger partial charge on any atom is 0.152 e. The van der Waals surface area contributed by atoms with Crippen molar-refractivity contribution >= 4 is 15.6 Å². The normalized spacial score (nSPS) is 22.2. The van der Waals surface area contributed by atoms with E-state index in [2.05, 4.69) is 0 Å². The Hall–Kier alpha value is -1.36. The van der Waals surface area contributed by atoms with Gasteiger partial charge in [0, 0.05) is 12.3 Å². The molecule has 0 heterocycles. The number of benzene rings is 1. The van der Waals surface area contributed by atoms with Gasteiger partial charge in [0.1, 0.15) is 11.5 Å². The summed E-state index contributed by atoms with van der Waals surface area (Å²) in [5.74, 6) is 0.833. The average Bonchev–Trinajstić information content (AvgIpc) is 2.47. The van der Waals surface area contributed by atoms with Crippen molar-refractivity contribution in [2.75, 3.05) is 5.75 Å². The molecule has 0 aromatic heterocycles.